The number of allylic oxidation sites excluding steroid dienone is 1. The monoisotopic (exact) mass is 422 g/mol. The number of halogens is 4. The molecule has 4 nitrogen and oxygen atoms in total. The first-order chi connectivity index (χ1) is 14.1. The van der Waals surface area contributed by atoms with Crippen LogP contribution < -0.4 is 5.32 Å². The fourth-order valence-corrected chi connectivity index (χ4v) is 4.38. The molecule has 0 aromatic heterocycles. The van der Waals surface area contributed by atoms with Gasteiger partial charge < -0.3 is 10.2 Å². The summed E-state index contributed by atoms with van der Waals surface area (Å²) in [5.74, 6) is -0.675. The van der Waals surface area contributed by atoms with Crippen molar-refractivity contribution in [3.8, 4) is 0 Å². The highest BCUT2D eigenvalue weighted by Crippen LogP contribution is 2.39. The number of benzene rings is 1. The van der Waals surface area contributed by atoms with Crippen molar-refractivity contribution >= 4 is 17.2 Å². The lowest BCUT2D eigenvalue weighted by atomic mass is 9.82. The molecule has 1 saturated heterocycles. The smallest absolute Gasteiger partial charge is 0.353 e. The zero-order valence-corrected chi connectivity index (χ0v) is 17.4. The number of hydrogen-bond donors (Lipinski definition) is 1. The number of nitrogens with one attached hydrogen (secondary N) is 1. The lowest BCUT2D eigenvalue weighted by Crippen LogP contribution is -2.50. The number of hydrogen-bond acceptors (Lipinski definition) is 4. The Kier molecular flexibility index (Phi) is 5.46. The second-order valence-electron chi connectivity index (χ2n) is 8.39. The van der Waals surface area contributed by atoms with E-state index in [0.29, 0.717) is 30.9 Å². The van der Waals surface area contributed by atoms with Crippen LogP contribution in [-0.4, -0.2) is 48.7 Å². The zero-order valence-electron chi connectivity index (χ0n) is 17.4. The molecule has 3 atom stereocenters. The molecule has 0 aliphatic carbocycles. The van der Waals surface area contributed by atoms with E-state index in [-0.39, 0.29) is 23.6 Å². The number of piperazine rings is 1. The minimum atomic E-state index is -4.74. The molecule has 3 unspecified atom stereocenters. The van der Waals surface area contributed by atoms with Crippen molar-refractivity contribution in [2.45, 2.75) is 39.4 Å². The SMILES string of the molecule is CC1=CC2Cc3cc(C(F)(F)F)c(F)cc3N=C(N3CCNCC3)C(=NC1C)C2C. The fraction of sp³-hybridized carbons (Fsp3) is 0.545. The molecule has 1 aromatic rings. The zero-order chi connectivity index (χ0) is 21.6. The van der Waals surface area contributed by atoms with Crippen molar-refractivity contribution in [2.24, 2.45) is 21.8 Å². The number of aliphatic imine (C=N–C) groups is 2. The van der Waals surface area contributed by atoms with Crippen molar-refractivity contribution in [1.29, 1.82) is 0 Å². The number of amidine groups is 1. The van der Waals surface area contributed by atoms with Crippen molar-refractivity contribution in [3.05, 3.63) is 40.7 Å². The molecular weight excluding hydrogens is 396 g/mol. The van der Waals surface area contributed by atoms with E-state index < -0.39 is 17.6 Å². The van der Waals surface area contributed by atoms with Gasteiger partial charge in [0.05, 0.1) is 23.0 Å². The topological polar surface area (TPSA) is 40.0 Å². The number of nitrogens with zero attached hydrogens (tertiary/aromatic N) is 3. The summed E-state index contributed by atoms with van der Waals surface area (Å²) in [6.45, 7) is 9.08. The summed E-state index contributed by atoms with van der Waals surface area (Å²) in [6, 6.07) is 1.84. The van der Waals surface area contributed by atoms with Gasteiger partial charge in [0.25, 0.3) is 0 Å². The summed E-state index contributed by atoms with van der Waals surface area (Å²) in [7, 11) is 0. The molecule has 1 aromatic carbocycles. The third-order valence-corrected chi connectivity index (χ3v) is 6.34. The van der Waals surface area contributed by atoms with Crippen LogP contribution in [0.15, 0.2) is 33.8 Å². The van der Waals surface area contributed by atoms with Crippen molar-refractivity contribution in [1.82, 2.24) is 10.2 Å². The molecule has 0 radical (unpaired) electrons. The summed E-state index contributed by atoms with van der Waals surface area (Å²) in [4.78, 5) is 11.8. The van der Waals surface area contributed by atoms with Crippen LogP contribution >= 0.6 is 0 Å². The van der Waals surface area contributed by atoms with Crippen molar-refractivity contribution in [3.63, 3.8) is 0 Å². The van der Waals surface area contributed by atoms with Gasteiger partial charge in [-0.25, -0.2) is 9.38 Å². The molecule has 8 heteroatoms. The number of fused-ring (bicyclic) bond motifs is 3. The first kappa shape index (κ1) is 21.0. The Morgan fingerprint density at radius 3 is 2.50 bits per heavy atom. The molecule has 3 heterocycles. The van der Waals surface area contributed by atoms with Crippen LogP contribution in [0.4, 0.5) is 23.2 Å². The molecule has 0 amide bonds. The average Bonchev–Trinajstić information content (AvgIpc) is 2.79. The summed E-state index contributed by atoms with van der Waals surface area (Å²) in [6.07, 6.45) is -2.26. The number of rotatable bonds is 0. The molecule has 3 aliphatic heterocycles. The molecule has 0 spiro atoms. The minimum absolute atomic E-state index is 0.00826. The first-order valence-electron chi connectivity index (χ1n) is 10.4. The average molecular weight is 422 g/mol. The van der Waals surface area contributed by atoms with Crippen LogP contribution in [-0.2, 0) is 12.6 Å². The van der Waals surface area contributed by atoms with Crippen LogP contribution in [0.5, 0.6) is 0 Å². The molecule has 162 valence electrons. The quantitative estimate of drug-likeness (QED) is 0.498. The highest BCUT2D eigenvalue weighted by atomic mass is 19.4. The van der Waals surface area contributed by atoms with Gasteiger partial charge in [-0.05, 0) is 37.8 Å². The van der Waals surface area contributed by atoms with Gasteiger partial charge in [0.1, 0.15) is 5.82 Å². The van der Waals surface area contributed by atoms with Gasteiger partial charge in [0.15, 0.2) is 5.84 Å². The van der Waals surface area contributed by atoms with E-state index in [0.717, 1.165) is 36.5 Å². The van der Waals surface area contributed by atoms with E-state index >= 15 is 0 Å². The van der Waals surface area contributed by atoms with Crippen molar-refractivity contribution < 1.29 is 17.6 Å². The van der Waals surface area contributed by atoms with Gasteiger partial charge in [-0.3, -0.25) is 4.99 Å². The second-order valence-corrected chi connectivity index (χ2v) is 8.39. The van der Waals surface area contributed by atoms with E-state index in [1.807, 2.05) is 13.8 Å². The number of alkyl halides is 3. The molecule has 2 bridgehead atoms. The Morgan fingerprint density at radius 1 is 1.13 bits per heavy atom. The molecule has 1 fully saturated rings. The second kappa shape index (κ2) is 7.80. The molecule has 4 rings (SSSR count). The standard InChI is InChI=1S/C22H26F4N4/c1-12-8-15-9-16-10-17(22(24,25)26)18(23)11-19(16)29-21(30-6-4-27-5-7-30)20(13(15)2)28-14(12)3/h8,10-11,13-15,27H,4-7,9H2,1-3H3. The molecule has 30 heavy (non-hydrogen) atoms. The summed E-state index contributed by atoms with van der Waals surface area (Å²) in [5.41, 5.74) is 1.40. The van der Waals surface area contributed by atoms with Crippen molar-refractivity contribution in [2.75, 3.05) is 26.2 Å². The van der Waals surface area contributed by atoms with Gasteiger partial charge in [0.2, 0.25) is 0 Å². The van der Waals surface area contributed by atoms with E-state index in [2.05, 4.69) is 23.2 Å². The molecule has 0 saturated carbocycles. The van der Waals surface area contributed by atoms with Crippen LogP contribution in [0, 0.1) is 17.7 Å². The Morgan fingerprint density at radius 2 is 1.83 bits per heavy atom. The summed E-state index contributed by atoms with van der Waals surface area (Å²) < 4.78 is 54.5. The predicted molar refractivity (Wildman–Crippen MR) is 110 cm³/mol. The van der Waals surface area contributed by atoms with E-state index in [1.54, 1.807) is 0 Å². The van der Waals surface area contributed by atoms with Gasteiger partial charge in [-0.2, -0.15) is 13.2 Å². The molecular formula is C22H26F4N4. The summed E-state index contributed by atoms with van der Waals surface area (Å²) in [5, 5.41) is 3.30. The molecule has 1 N–H and O–H groups in total. The van der Waals surface area contributed by atoms with E-state index in [1.165, 1.54) is 0 Å². The maximum Gasteiger partial charge on any atom is 0.419 e. The third-order valence-electron chi connectivity index (χ3n) is 6.34. The van der Waals surface area contributed by atoms with Crippen LogP contribution in [0.1, 0.15) is 31.9 Å². The lowest BCUT2D eigenvalue weighted by molar-refractivity contribution is -0.140. The summed E-state index contributed by atoms with van der Waals surface area (Å²) >= 11 is 0. The van der Waals surface area contributed by atoms with Gasteiger partial charge >= 0.3 is 6.18 Å². The van der Waals surface area contributed by atoms with E-state index in [4.69, 9.17) is 9.98 Å². The van der Waals surface area contributed by atoms with Gasteiger partial charge in [-0.15, -0.1) is 0 Å². The molecule has 3 aliphatic rings. The first-order valence-corrected chi connectivity index (χ1v) is 10.4. The Bertz CT molecular complexity index is 926. The lowest BCUT2D eigenvalue weighted by Gasteiger charge is -2.35. The Balaban J connectivity index is 1.93. The minimum Gasteiger partial charge on any atom is -0.353 e. The third kappa shape index (κ3) is 3.89. The highest BCUT2D eigenvalue weighted by Gasteiger charge is 2.37. The maximum atomic E-state index is 14.4. The Hall–Kier alpha value is -2.22. The van der Waals surface area contributed by atoms with Crippen LogP contribution in [0.25, 0.3) is 0 Å². The predicted octanol–water partition coefficient (Wildman–Crippen LogP) is 4.38. The van der Waals surface area contributed by atoms with Crippen LogP contribution in [0.3, 0.4) is 0 Å². The van der Waals surface area contributed by atoms with Crippen LogP contribution in [0.2, 0.25) is 0 Å². The highest BCUT2D eigenvalue weighted by molar-refractivity contribution is 6.42. The van der Waals surface area contributed by atoms with Gasteiger partial charge in [-0.1, -0.05) is 18.6 Å². The van der Waals surface area contributed by atoms with E-state index in [9.17, 15) is 17.6 Å². The maximum absolute atomic E-state index is 14.4. The largest absolute Gasteiger partial charge is 0.419 e. The Labute approximate surface area is 173 Å². The normalized spacial score (nSPS) is 27.2. The van der Waals surface area contributed by atoms with Gasteiger partial charge in [0, 0.05) is 38.2 Å². The fourth-order valence-electron chi connectivity index (χ4n) is 4.38.